The summed E-state index contributed by atoms with van der Waals surface area (Å²) in [6.45, 7) is 4.66. The van der Waals surface area contributed by atoms with Gasteiger partial charge in [-0.25, -0.2) is 8.42 Å². The first-order chi connectivity index (χ1) is 13.9. The van der Waals surface area contributed by atoms with Gasteiger partial charge in [0.25, 0.3) is 11.8 Å². The summed E-state index contributed by atoms with van der Waals surface area (Å²) in [4.78, 5) is 39.1. The Kier molecular flexibility index (Phi) is 5.74. The molecule has 160 valence electrons. The largest absolute Gasteiger partial charge is 0.459 e. The summed E-state index contributed by atoms with van der Waals surface area (Å²) in [6, 6.07) is 7.90. The number of carbonyl (C=O) groups is 3. The standard InChI is InChI=1S/C20H22N2O6S2/c1-20(2,3)28-17(23)12-21-18(24)15-8-7-13(10-16(15)19(21)25)22(30(4,26)27)11-14-6-5-9-29-14/h5-10H,11-12H2,1-4H3. The molecule has 0 N–H and O–H groups in total. The van der Waals surface area contributed by atoms with Gasteiger partial charge < -0.3 is 4.74 Å². The van der Waals surface area contributed by atoms with Crippen LogP contribution in [0.3, 0.4) is 0 Å². The third-order valence-electron chi connectivity index (χ3n) is 4.23. The predicted molar refractivity (Wildman–Crippen MR) is 113 cm³/mol. The van der Waals surface area contributed by atoms with Crippen LogP contribution in [0.15, 0.2) is 35.7 Å². The number of imide groups is 1. The van der Waals surface area contributed by atoms with Crippen LogP contribution in [0.4, 0.5) is 5.69 Å². The quantitative estimate of drug-likeness (QED) is 0.495. The van der Waals surface area contributed by atoms with Gasteiger partial charge in [0.2, 0.25) is 10.0 Å². The minimum atomic E-state index is -3.64. The highest BCUT2D eigenvalue weighted by atomic mass is 32.2. The SMILES string of the molecule is CC(C)(C)OC(=O)CN1C(=O)c2ccc(N(Cc3cccs3)S(C)(=O)=O)cc2C1=O. The van der Waals surface area contributed by atoms with Gasteiger partial charge in [-0.2, -0.15) is 0 Å². The number of nitrogens with zero attached hydrogens (tertiary/aromatic N) is 2. The minimum Gasteiger partial charge on any atom is -0.459 e. The van der Waals surface area contributed by atoms with Gasteiger partial charge in [0.1, 0.15) is 12.1 Å². The molecule has 0 radical (unpaired) electrons. The van der Waals surface area contributed by atoms with Crippen LogP contribution in [0, 0.1) is 0 Å². The maximum absolute atomic E-state index is 12.8. The van der Waals surface area contributed by atoms with Crippen molar-refractivity contribution < 1.29 is 27.5 Å². The summed E-state index contributed by atoms with van der Waals surface area (Å²) >= 11 is 1.41. The van der Waals surface area contributed by atoms with Gasteiger partial charge in [-0.3, -0.25) is 23.6 Å². The summed E-state index contributed by atoms with van der Waals surface area (Å²) in [6.07, 6.45) is 1.08. The molecule has 0 saturated heterocycles. The lowest BCUT2D eigenvalue weighted by atomic mass is 10.1. The van der Waals surface area contributed by atoms with Crippen molar-refractivity contribution in [1.29, 1.82) is 0 Å². The molecule has 0 aliphatic carbocycles. The summed E-state index contributed by atoms with van der Waals surface area (Å²) in [5, 5.41) is 1.84. The van der Waals surface area contributed by atoms with Gasteiger partial charge in [0.05, 0.1) is 29.6 Å². The molecule has 0 fully saturated rings. The zero-order valence-corrected chi connectivity index (χ0v) is 18.7. The number of carbonyl (C=O) groups excluding carboxylic acids is 3. The summed E-state index contributed by atoms with van der Waals surface area (Å²) in [5.74, 6) is -1.98. The van der Waals surface area contributed by atoms with Crippen LogP contribution < -0.4 is 4.31 Å². The molecular weight excluding hydrogens is 428 g/mol. The van der Waals surface area contributed by atoms with Gasteiger partial charge in [-0.15, -0.1) is 11.3 Å². The highest BCUT2D eigenvalue weighted by Crippen LogP contribution is 2.30. The molecule has 1 aromatic heterocycles. The van der Waals surface area contributed by atoms with Crippen LogP contribution in [0.2, 0.25) is 0 Å². The molecule has 10 heteroatoms. The third kappa shape index (κ3) is 4.71. The number of thiophene rings is 1. The summed E-state index contributed by atoms with van der Waals surface area (Å²) < 4.78 is 31.1. The third-order valence-corrected chi connectivity index (χ3v) is 6.23. The van der Waals surface area contributed by atoms with Crippen molar-refractivity contribution >= 4 is 44.8 Å². The molecule has 0 spiro atoms. The van der Waals surface area contributed by atoms with Crippen molar-refractivity contribution in [2.45, 2.75) is 32.9 Å². The highest BCUT2D eigenvalue weighted by Gasteiger charge is 2.38. The normalized spacial score (nSPS) is 14.1. The maximum atomic E-state index is 12.8. The smallest absolute Gasteiger partial charge is 0.326 e. The van der Waals surface area contributed by atoms with Crippen LogP contribution in [0.5, 0.6) is 0 Å². The van der Waals surface area contributed by atoms with Crippen molar-refractivity contribution in [2.75, 3.05) is 17.1 Å². The first-order valence-electron chi connectivity index (χ1n) is 9.09. The molecule has 8 nitrogen and oxygen atoms in total. The second-order valence-electron chi connectivity index (χ2n) is 7.86. The number of anilines is 1. The fraction of sp³-hybridized carbons (Fsp3) is 0.350. The second kappa shape index (κ2) is 7.84. The van der Waals surface area contributed by atoms with Crippen LogP contribution in [0.1, 0.15) is 46.4 Å². The Morgan fingerprint density at radius 2 is 1.80 bits per heavy atom. The lowest BCUT2D eigenvalue weighted by Crippen LogP contribution is -2.38. The molecule has 3 rings (SSSR count). The van der Waals surface area contributed by atoms with E-state index in [0.29, 0.717) is 0 Å². The van der Waals surface area contributed by atoms with Gasteiger partial charge in [0, 0.05) is 4.88 Å². The van der Waals surface area contributed by atoms with Crippen molar-refractivity contribution in [3.05, 3.63) is 51.7 Å². The van der Waals surface area contributed by atoms with E-state index in [-0.39, 0.29) is 23.4 Å². The minimum absolute atomic E-state index is 0.0564. The number of amides is 2. The molecule has 2 amide bonds. The molecule has 30 heavy (non-hydrogen) atoms. The average Bonchev–Trinajstić information content (AvgIpc) is 3.20. The van der Waals surface area contributed by atoms with Crippen molar-refractivity contribution in [1.82, 2.24) is 4.90 Å². The number of ether oxygens (including phenoxy) is 1. The number of hydrogen-bond donors (Lipinski definition) is 0. The molecular formula is C20H22N2O6S2. The number of benzene rings is 1. The van der Waals surface area contributed by atoms with Crippen LogP contribution in [-0.2, 0) is 26.1 Å². The molecule has 1 aliphatic heterocycles. The van der Waals surface area contributed by atoms with Crippen molar-refractivity contribution in [2.24, 2.45) is 0 Å². The van der Waals surface area contributed by atoms with E-state index < -0.39 is 40.0 Å². The molecule has 0 saturated carbocycles. The predicted octanol–water partition coefficient (Wildman–Crippen LogP) is 2.65. The van der Waals surface area contributed by atoms with E-state index in [0.717, 1.165) is 16.0 Å². The fourth-order valence-corrected chi connectivity index (χ4v) is 4.67. The molecule has 0 atom stereocenters. The number of esters is 1. The van der Waals surface area contributed by atoms with E-state index >= 15 is 0 Å². The monoisotopic (exact) mass is 450 g/mol. The number of sulfonamides is 1. The van der Waals surface area contributed by atoms with Gasteiger partial charge in [0.15, 0.2) is 0 Å². The molecule has 0 unspecified atom stereocenters. The second-order valence-corrected chi connectivity index (χ2v) is 10.8. The van der Waals surface area contributed by atoms with Crippen LogP contribution in [-0.4, -0.2) is 49.5 Å². The van der Waals surface area contributed by atoms with E-state index in [2.05, 4.69) is 0 Å². The number of fused-ring (bicyclic) bond motifs is 1. The van der Waals surface area contributed by atoms with Gasteiger partial charge in [-0.1, -0.05) is 6.07 Å². The Balaban J connectivity index is 1.89. The zero-order chi connectivity index (χ0) is 22.3. The maximum Gasteiger partial charge on any atom is 0.326 e. The van der Waals surface area contributed by atoms with E-state index in [4.69, 9.17) is 4.74 Å². The fourth-order valence-electron chi connectivity index (χ4n) is 3.02. The van der Waals surface area contributed by atoms with Crippen LogP contribution >= 0.6 is 11.3 Å². The Bertz CT molecular complexity index is 1100. The van der Waals surface area contributed by atoms with Crippen molar-refractivity contribution in [3.63, 3.8) is 0 Å². The lowest BCUT2D eigenvalue weighted by molar-refractivity contribution is -0.155. The first-order valence-corrected chi connectivity index (χ1v) is 11.8. The Morgan fingerprint density at radius 3 is 2.37 bits per heavy atom. The van der Waals surface area contributed by atoms with E-state index in [1.165, 1.54) is 33.8 Å². The number of hydrogen-bond acceptors (Lipinski definition) is 7. The van der Waals surface area contributed by atoms with Gasteiger partial charge >= 0.3 is 5.97 Å². The summed E-state index contributed by atoms with van der Waals surface area (Å²) in [7, 11) is -3.64. The van der Waals surface area contributed by atoms with E-state index in [1.807, 2.05) is 17.5 Å². The first kappa shape index (κ1) is 22.0. The molecule has 2 aromatic rings. The molecule has 0 bridgehead atoms. The molecule has 1 aromatic carbocycles. The lowest BCUT2D eigenvalue weighted by Gasteiger charge is -2.22. The Morgan fingerprint density at radius 1 is 1.13 bits per heavy atom. The zero-order valence-electron chi connectivity index (χ0n) is 17.0. The van der Waals surface area contributed by atoms with Gasteiger partial charge in [-0.05, 0) is 50.4 Å². The Labute approximate surface area is 179 Å². The van der Waals surface area contributed by atoms with Crippen LogP contribution in [0.25, 0.3) is 0 Å². The van der Waals surface area contributed by atoms with Crippen molar-refractivity contribution in [3.8, 4) is 0 Å². The Hall–Kier alpha value is -2.72. The van der Waals surface area contributed by atoms with E-state index in [1.54, 1.807) is 20.8 Å². The number of rotatable bonds is 6. The van der Waals surface area contributed by atoms with E-state index in [9.17, 15) is 22.8 Å². The molecule has 2 heterocycles. The topological polar surface area (TPSA) is 101 Å². The average molecular weight is 451 g/mol. The molecule has 1 aliphatic rings. The highest BCUT2D eigenvalue weighted by molar-refractivity contribution is 7.92. The summed E-state index contributed by atoms with van der Waals surface area (Å²) in [5.41, 5.74) is -0.302.